The molecule has 0 saturated heterocycles. The molecule has 18 heavy (non-hydrogen) atoms. The Bertz CT molecular complexity index is 390. The first kappa shape index (κ1) is 14.7. The molecule has 0 saturated carbocycles. The van der Waals surface area contributed by atoms with Crippen LogP contribution in [0.4, 0.5) is 0 Å². The van der Waals surface area contributed by atoms with E-state index >= 15 is 0 Å². The van der Waals surface area contributed by atoms with E-state index in [4.69, 9.17) is 0 Å². The molecule has 0 atom stereocenters. The van der Waals surface area contributed by atoms with Crippen molar-refractivity contribution in [3.05, 3.63) is 17.2 Å². The average molecular weight is 253 g/mol. The van der Waals surface area contributed by atoms with Crippen molar-refractivity contribution in [1.29, 1.82) is 0 Å². The summed E-state index contributed by atoms with van der Waals surface area (Å²) in [6, 6.07) is 0. The van der Waals surface area contributed by atoms with Gasteiger partial charge < -0.3 is 5.11 Å². The quantitative estimate of drug-likeness (QED) is 0.759. The number of carboxylic acid groups (broad SMARTS) is 1. The highest BCUT2D eigenvalue weighted by Crippen LogP contribution is 2.11. The number of hydrogen-bond acceptors (Lipinski definition) is 1. The van der Waals surface area contributed by atoms with E-state index in [9.17, 15) is 9.90 Å². The molecule has 0 amide bonds. The number of rotatable bonds is 7. The van der Waals surface area contributed by atoms with Crippen molar-refractivity contribution in [2.45, 2.75) is 66.5 Å². The van der Waals surface area contributed by atoms with E-state index in [1.165, 1.54) is 0 Å². The lowest BCUT2D eigenvalue weighted by molar-refractivity contribution is -0.705. The SMILES string of the molecule is CCCCn1c(C)c(C)[n+](CCCC)c1C(=O)O. The largest absolute Gasteiger partial charge is 0.472 e. The molecule has 1 rings (SSSR count). The summed E-state index contributed by atoms with van der Waals surface area (Å²) in [5.74, 6) is -0.384. The van der Waals surface area contributed by atoms with Gasteiger partial charge in [-0.05, 0) is 12.8 Å². The maximum atomic E-state index is 11.5. The van der Waals surface area contributed by atoms with Crippen LogP contribution in [0.1, 0.15) is 61.5 Å². The van der Waals surface area contributed by atoms with E-state index in [0.717, 1.165) is 50.2 Å². The Hall–Kier alpha value is -1.32. The summed E-state index contributed by atoms with van der Waals surface area (Å²) in [4.78, 5) is 11.5. The molecule has 0 aliphatic rings. The Morgan fingerprint density at radius 3 is 2.33 bits per heavy atom. The highest BCUT2D eigenvalue weighted by molar-refractivity contribution is 5.82. The predicted molar refractivity (Wildman–Crippen MR) is 70.9 cm³/mol. The van der Waals surface area contributed by atoms with Gasteiger partial charge in [-0.15, -0.1) is 0 Å². The van der Waals surface area contributed by atoms with Gasteiger partial charge in [-0.1, -0.05) is 26.7 Å². The lowest BCUT2D eigenvalue weighted by Gasteiger charge is -2.01. The third-order valence-electron chi connectivity index (χ3n) is 3.51. The highest BCUT2D eigenvalue weighted by Gasteiger charge is 2.30. The van der Waals surface area contributed by atoms with Gasteiger partial charge in [0.2, 0.25) is 0 Å². The minimum atomic E-state index is -0.821. The van der Waals surface area contributed by atoms with E-state index in [-0.39, 0.29) is 0 Å². The molecular weight excluding hydrogens is 228 g/mol. The number of aromatic carboxylic acids is 1. The number of nitrogens with zero attached hydrogens (tertiary/aromatic N) is 2. The number of carbonyl (C=O) groups is 1. The standard InChI is InChI=1S/C14H24N2O2/c1-5-7-9-15-11(3)12(4)16(10-8-6-2)13(15)14(17)18/h5-10H2,1-4H3/p+1. The third kappa shape index (κ3) is 2.92. The Morgan fingerprint density at radius 1 is 1.22 bits per heavy atom. The van der Waals surface area contributed by atoms with Crippen molar-refractivity contribution in [1.82, 2.24) is 4.57 Å². The number of carboxylic acids is 1. The van der Waals surface area contributed by atoms with E-state index in [1.807, 2.05) is 23.0 Å². The van der Waals surface area contributed by atoms with Crippen LogP contribution in [-0.4, -0.2) is 15.6 Å². The van der Waals surface area contributed by atoms with E-state index < -0.39 is 5.97 Å². The minimum absolute atomic E-state index is 0.437. The fraction of sp³-hybridized carbons (Fsp3) is 0.714. The highest BCUT2D eigenvalue weighted by atomic mass is 16.4. The summed E-state index contributed by atoms with van der Waals surface area (Å²) < 4.78 is 3.91. The van der Waals surface area contributed by atoms with Crippen molar-refractivity contribution in [3.63, 3.8) is 0 Å². The molecule has 0 radical (unpaired) electrons. The number of imidazole rings is 1. The topological polar surface area (TPSA) is 46.1 Å². The van der Waals surface area contributed by atoms with Crippen molar-refractivity contribution >= 4 is 5.97 Å². The van der Waals surface area contributed by atoms with Gasteiger partial charge in [0.1, 0.15) is 11.4 Å². The van der Waals surface area contributed by atoms with Crippen LogP contribution < -0.4 is 4.57 Å². The number of aromatic nitrogens is 2. The van der Waals surface area contributed by atoms with Crippen molar-refractivity contribution in [2.75, 3.05) is 0 Å². The van der Waals surface area contributed by atoms with Gasteiger partial charge in [-0.2, -0.15) is 0 Å². The van der Waals surface area contributed by atoms with Crippen LogP contribution in [0.3, 0.4) is 0 Å². The second kappa shape index (κ2) is 6.57. The normalized spacial score (nSPS) is 10.9. The molecule has 4 nitrogen and oxygen atoms in total. The molecule has 1 heterocycles. The molecule has 0 fully saturated rings. The molecule has 102 valence electrons. The molecule has 0 bridgehead atoms. The fourth-order valence-corrected chi connectivity index (χ4v) is 2.26. The molecule has 0 aliphatic carbocycles. The van der Waals surface area contributed by atoms with Crippen LogP contribution in [0.15, 0.2) is 0 Å². The van der Waals surface area contributed by atoms with Crippen LogP contribution in [0, 0.1) is 13.8 Å². The molecule has 1 aromatic rings. The first-order chi connectivity index (χ1) is 8.54. The first-order valence-electron chi connectivity index (χ1n) is 6.87. The Morgan fingerprint density at radius 2 is 1.83 bits per heavy atom. The van der Waals surface area contributed by atoms with E-state index in [2.05, 4.69) is 13.8 Å². The summed E-state index contributed by atoms with van der Waals surface area (Å²) in [6.07, 6.45) is 4.18. The van der Waals surface area contributed by atoms with Crippen molar-refractivity contribution in [2.24, 2.45) is 0 Å². The summed E-state index contributed by atoms with van der Waals surface area (Å²) >= 11 is 0. The molecule has 0 spiro atoms. The molecule has 4 heteroatoms. The van der Waals surface area contributed by atoms with Gasteiger partial charge >= 0.3 is 11.8 Å². The lowest BCUT2D eigenvalue weighted by Crippen LogP contribution is -2.42. The maximum absolute atomic E-state index is 11.5. The summed E-state index contributed by atoms with van der Waals surface area (Å²) in [7, 11) is 0. The molecule has 0 aromatic carbocycles. The zero-order valence-corrected chi connectivity index (χ0v) is 12.0. The molecule has 1 aromatic heterocycles. The van der Waals surface area contributed by atoms with Crippen LogP contribution in [0.5, 0.6) is 0 Å². The van der Waals surface area contributed by atoms with Gasteiger partial charge in [0.05, 0.1) is 13.1 Å². The van der Waals surface area contributed by atoms with Gasteiger partial charge in [0.25, 0.3) is 0 Å². The molecule has 1 N–H and O–H groups in total. The van der Waals surface area contributed by atoms with E-state index in [0.29, 0.717) is 5.82 Å². The summed E-state index contributed by atoms with van der Waals surface area (Å²) in [5.41, 5.74) is 2.16. The second-order valence-corrected chi connectivity index (χ2v) is 4.81. The Kier molecular flexibility index (Phi) is 5.38. The number of hydrogen-bond donors (Lipinski definition) is 1. The van der Waals surface area contributed by atoms with Crippen LogP contribution in [0.2, 0.25) is 0 Å². The lowest BCUT2D eigenvalue weighted by atomic mass is 10.3. The maximum Gasteiger partial charge on any atom is 0.419 e. The summed E-state index contributed by atoms with van der Waals surface area (Å²) in [6.45, 7) is 9.86. The zero-order valence-electron chi connectivity index (χ0n) is 12.0. The second-order valence-electron chi connectivity index (χ2n) is 4.81. The van der Waals surface area contributed by atoms with Crippen molar-refractivity contribution < 1.29 is 14.5 Å². The predicted octanol–water partition coefficient (Wildman–Crippen LogP) is 2.69. The Balaban J connectivity index is 3.19. The van der Waals surface area contributed by atoms with Crippen LogP contribution in [0.25, 0.3) is 0 Å². The van der Waals surface area contributed by atoms with E-state index in [1.54, 1.807) is 0 Å². The number of unbranched alkanes of at least 4 members (excludes halogenated alkanes) is 2. The van der Waals surface area contributed by atoms with Crippen LogP contribution in [-0.2, 0) is 13.1 Å². The zero-order chi connectivity index (χ0) is 13.7. The molecule has 0 unspecified atom stereocenters. The van der Waals surface area contributed by atoms with Gasteiger partial charge in [0.15, 0.2) is 0 Å². The monoisotopic (exact) mass is 253 g/mol. The minimum Gasteiger partial charge on any atom is -0.472 e. The third-order valence-corrected chi connectivity index (χ3v) is 3.51. The smallest absolute Gasteiger partial charge is 0.419 e. The molecular formula is C14H25N2O2+. The van der Waals surface area contributed by atoms with Gasteiger partial charge in [-0.25, -0.2) is 13.9 Å². The Labute approximate surface area is 109 Å². The first-order valence-corrected chi connectivity index (χ1v) is 6.87. The summed E-state index contributed by atoms with van der Waals surface area (Å²) in [5, 5.41) is 9.44. The van der Waals surface area contributed by atoms with Gasteiger partial charge in [-0.3, -0.25) is 0 Å². The average Bonchev–Trinajstić information content (AvgIpc) is 2.57. The van der Waals surface area contributed by atoms with Crippen LogP contribution >= 0.6 is 0 Å². The van der Waals surface area contributed by atoms with Crippen molar-refractivity contribution in [3.8, 4) is 0 Å². The molecule has 0 aliphatic heterocycles. The fourth-order valence-electron chi connectivity index (χ4n) is 2.26. The van der Waals surface area contributed by atoms with Gasteiger partial charge in [0, 0.05) is 13.8 Å².